The fourth-order valence-electron chi connectivity index (χ4n) is 4.48. The molecule has 1 fully saturated rings. The number of ether oxygens (including phenoxy) is 2. The zero-order valence-corrected chi connectivity index (χ0v) is 21.2. The molecule has 0 saturated carbocycles. The number of aryl methyl sites for hydroxylation is 2. The van der Waals surface area contributed by atoms with Crippen LogP contribution in [0.15, 0.2) is 72.3 Å². The molecule has 3 aromatic rings. The van der Waals surface area contributed by atoms with Crippen LogP contribution in [0.4, 0.5) is 0 Å². The van der Waals surface area contributed by atoms with E-state index < -0.39 is 17.7 Å². The van der Waals surface area contributed by atoms with Crippen LogP contribution in [0.1, 0.15) is 47.7 Å². The molecule has 0 radical (unpaired) electrons. The van der Waals surface area contributed by atoms with Gasteiger partial charge in [-0.15, -0.1) is 0 Å². The van der Waals surface area contributed by atoms with Crippen molar-refractivity contribution in [1.82, 2.24) is 4.90 Å². The highest BCUT2D eigenvalue weighted by molar-refractivity contribution is 6.46. The van der Waals surface area contributed by atoms with Crippen LogP contribution in [0, 0.1) is 13.8 Å². The van der Waals surface area contributed by atoms with Gasteiger partial charge >= 0.3 is 0 Å². The second-order valence-corrected chi connectivity index (χ2v) is 9.33. The topological polar surface area (TPSA) is 76.1 Å². The minimum absolute atomic E-state index is 0.0409. The summed E-state index contributed by atoms with van der Waals surface area (Å²) in [4.78, 5) is 28.3. The highest BCUT2D eigenvalue weighted by Crippen LogP contribution is 2.41. The molecule has 0 aliphatic carbocycles. The summed E-state index contributed by atoms with van der Waals surface area (Å²) in [5.74, 6) is -0.206. The van der Waals surface area contributed by atoms with Gasteiger partial charge < -0.3 is 19.5 Å². The number of carbonyl (C=O) groups is 2. The Labute approximate surface area is 211 Å². The molecule has 1 aliphatic heterocycles. The molecule has 1 amide bonds. The quantitative estimate of drug-likeness (QED) is 0.263. The van der Waals surface area contributed by atoms with E-state index in [9.17, 15) is 14.7 Å². The highest BCUT2D eigenvalue weighted by atomic mass is 16.5. The van der Waals surface area contributed by atoms with Crippen LogP contribution in [0.3, 0.4) is 0 Å². The maximum atomic E-state index is 13.4. The van der Waals surface area contributed by atoms with Gasteiger partial charge in [0.05, 0.1) is 24.8 Å². The molecule has 186 valence electrons. The number of ketones is 1. The van der Waals surface area contributed by atoms with Gasteiger partial charge in [-0.2, -0.15) is 0 Å². The highest BCUT2D eigenvalue weighted by Gasteiger charge is 2.46. The van der Waals surface area contributed by atoms with Crippen molar-refractivity contribution >= 4 is 17.4 Å². The Morgan fingerprint density at radius 2 is 1.69 bits per heavy atom. The zero-order valence-electron chi connectivity index (χ0n) is 21.2. The first-order chi connectivity index (χ1) is 17.2. The van der Waals surface area contributed by atoms with Gasteiger partial charge in [-0.3, -0.25) is 9.59 Å². The molecule has 6 heteroatoms. The number of benzene rings is 3. The number of aliphatic hydroxyl groups is 1. The monoisotopic (exact) mass is 485 g/mol. The number of rotatable bonds is 7. The first-order valence-electron chi connectivity index (χ1n) is 11.9. The molecule has 0 bridgehead atoms. The van der Waals surface area contributed by atoms with E-state index in [1.54, 1.807) is 7.11 Å². The van der Waals surface area contributed by atoms with Crippen molar-refractivity contribution in [2.75, 3.05) is 7.11 Å². The Kier molecular flexibility index (Phi) is 7.15. The van der Waals surface area contributed by atoms with E-state index in [-0.39, 0.29) is 24.0 Å². The van der Waals surface area contributed by atoms with Crippen LogP contribution in [0.5, 0.6) is 11.5 Å². The van der Waals surface area contributed by atoms with E-state index in [1.165, 1.54) is 4.90 Å². The van der Waals surface area contributed by atoms with Crippen molar-refractivity contribution in [3.63, 3.8) is 0 Å². The SMILES string of the molecule is COc1ccc(CN2C(=O)C(=O)/C(=C(/O)c3cc(C)ccc3C)C2c2cccc(OC(C)C)c2)cc1. The van der Waals surface area contributed by atoms with Crippen LogP contribution in [-0.2, 0) is 16.1 Å². The lowest BCUT2D eigenvalue weighted by Crippen LogP contribution is -2.29. The van der Waals surface area contributed by atoms with Gasteiger partial charge in [0.1, 0.15) is 17.3 Å². The zero-order chi connectivity index (χ0) is 26.0. The Hall–Kier alpha value is -4.06. The smallest absolute Gasteiger partial charge is 0.295 e. The van der Waals surface area contributed by atoms with E-state index >= 15 is 0 Å². The number of aliphatic hydroxyl groups excluding tert-OH is 1. The van der Waals surface area contributed by atoms with Gasteiger partial charge in [-0.05, 0) is 74.7 Å². The number of amides is 1. The number of nitrogens with zero attached hydrogens (tertiary/aromatic N) is 1. The number of methoxy groups -OCH3 is 1. The lowest BCUT2D eigenvalue weighted by atomic mass is 9.93. The van der Waals surface area contributed by atoms with Crippen LogP contribution in [0.2, 0.25) is 0 Å². The Balaban J connectivity index is 1.87. The van der Waals surface area contributed by atoms with Gasteiger partial charge in [0.25, 0.3) is 11.7 Å². The first-order valence-corrected chi connectivity index (χ1v) is 11.9. The Bertz CT molecular complexity index is 1320. The third-order valence-electron chi connectivity index (χ3n) is 6.25. The maximum Gasteiger partial charge on any atom is 0.295 e. The normalized spacial score (nSPS) is 17.1. The molecule has 6 nitrogen and oxygen atoms in total. The van der Waals surface area contributed by atoms with Crippen molar-refractivity contribution in [3.8, 4) is 11.5 Å². The lowest BCUT2D eigenvalue weighted by molar-refractivity contribution is -0.140. The van der Waals surface area contributed by atoms with Gasteiger partial charge in [0.15, 0.2) is 0 Å². The number of likely N-dealkylation sites (tertiary alicyclic amines) is 1. The molecule has 0 spiro atoms. The molecule has 1 aliphatic rings. The summed E-state index contributed by atoms with van der Waals surface area (Å²) in [7, 11) is 1.59. The number of carbonyl (C=O) groups excluding carboxylic acids is 2. The van der Waals surface area contributed by atoms with Gasteiger partial charge in [-0.25, -0.2) is 0 Å². The van der Waals surface area contributed by atoms with Gasteiger partial charge in [0.2, 0.25) is 0 Å². The van der Waals surface area contributed by atoms with Crippen LogP contribution in [0.25, 0.3) is 5.76 Å². The largest absolute Gasteiger partial charge is 0.507 e. The standard InChI is InChI=1S/C30H31NO5/c1-18(2)36-24-8-6-7-22(16-24)27-26(28(32)25-15-19(3)9-10-20(25)4)29(33)30(34)31(27)17-21-11-13-23(35-5)14-12-21/h6-16,18,27,32H,17H2,1-5H3/b28-26+. The molecule has 1 heterocycles. The molecule has 3 aromatic carbocycles. The van der Waals surface area contributed by atoms with E-state index in [1.807, 2.05) is 94.4 Å². The van der Waals surface area contributed by atoms with E-state index in [2.05, 4.69) is 0 Å². The molecule has 36 heavy (non-hydrogen) atoms. The second-order valence-electron chi connectivity index (χ2n) is 9.33. The van der Waals surface area contributed by atoms with Gasteiger partial charge in [0, 0.05) is 12.1 Å². The summed E-state index contributed by atoms with van der Waals surface area (Å²) in [5, 5.41) is 11.4. The summed E-state index contributed by atoms with van der Waals surface area (Å²) in [6.45, 7) is 7.85. The fraction of sp³-hybridized carbons (Fsp3) is 0.267. The molecular formula is C30H31NO5. The maximum absolute atomic E-state index is 13.4. The third-order valence-corrected chi connectivity index (χ3v) is 6.25. The van der Waals surface area contributed by atoms with Crippen LogP contribution < -0.4 is 9.47 Å². The second kappa shape index (κ2) is 10.3. The number of Topliss-reactive ketones (excluding diaryl/α,β-unsaturated/α-hetero) is 1. The molecular weight excluding hydrogens is 454 g/mol. The first kappa shape index (κ1) is 25.0. The summed E-state index contributed by atoms with van der Waals surface area (Å²) in [6, 6.07) is 19.6. The van der Waals surface area contributed by atoms with Crippen molar-refractivity contribution in [2.45, 2.75) is 46.4 Å². The molecule has 1 unspecified atom stereocenters. The molecule has 1 atom stereocenters. The average molecular weight is 486 g/mol. The van der Waals surface area contributed by atoms with Crippen molar-refractivity contribution in [1.29, 1.82) is 0 Å². The third kappa shape index (κ3) is 4.98. The van der Waals surface area contributed by atoms with E-state index in [0.29, 0.717) is 22.6 Å². The predicted octanol–water partition coefficient (Wildman–Crippen LogP) is 5.72. The minimum Gasteiger partial charge on any atom is -0.507 e. The average Bonchev–Trinajstić information content (AvgIpc) is 3.10. The van der Waals surface area contributed by atoms with Crippen molar-refractivity contribution in [2.24, 2.45) is 0 Å². The van der Waals surface area contributed by atoms with Gasteiger partial charge in [-0.1, -0.05) is 42.0 Å². The molecule has 1 N–H and O–H groups in total. The molecule has 0 aromatic heterocycles. The minimum atomic E-state index is -0.775. The van der Waals surface area contributed by atoms with E-state index in [4.69, 9.17) is 9.47 Å². The van der Waals surface area contributed by atoms with Crippen molar-refractivity contribution in [3.05, 3.63) is 100 Å². The number of hydrogen-bond acceptors (Lipinski definition) is 5. The summed E-state index contributed by atoms with van der Waals surface area (Å²) in [5.41, 5.74) is 3.89. The lowest BCUT2D eigenvalue weighted by Gasteiger charge is -2.26. The molecule has 1 saturated heterocycles. The summed E-state index contributed by atoms with van der Waals surface area (Å²) in [6.07, 6.45) is -0.0409. The van der Waals surface area contributed by atoms with Crippen LogP contribution in [-0.4, -0.2) is 34.9 Å². The Morgan fingerprint density at radius 1 is 0.972 bits per heavy atom. The molecule has 4 rings (SSSR count). The number of hydrogen-bond donors (Lipinski definition) is 1. The van der Waals surface area contributed by atoms with Crippen LogP contribution >= 0.6 is 0 Å². The Morgan fingerprint density at radius 3 is 2.36 bits per heavy atom. The summed E-state index contributed by atoms with van der Waals surface area (Å²) >= 11 is 0. The predicted molar refractivity (Wildman–Crippen MR) is 139 cm³/mol. The van der Waals surface area contributed by atoms with Crippen molar-refractivity contribution < 1.29 is 24.2 Å². The fourth-order valence-corrected chi connectivity index (χ4v) is 4.48. The summed E-state index contributed by atoms with van der Waals surface area (Å²) < 4.78 is 11.1. The van der Waals surface area contributed by atoms with E-state index in [0.717, 1.165) is 16.7 Å².